The molecule has 0 radical (unpaired) electrons. The second-order valence-electron chi connectivity index (χ2n) is 6.28. The summed E-state index contributed by atoms with van der Waals surface area (Å²) < 4.78 is 10.6. The monoisotopic (exact) mass is 394 g/mol. The van der Waals surface area contributed by atoms with Crippen LogP contribution in [-0.2, 0) is 16.1 Å². The minimum Gasteiger partial charge on any atom is -0.467 e. The summed E-state index contributed by atoms with van der Waals surface area (Å²) in [5, 5.41) is 14.4. The maximum Gasteiger partial charge on any atom is 0.270 e. The molecule has 1 aromatic carbocycles. The molecule has 1 aliphatic rings. The zero-order valence-electron chi connectivity index (χ0n) is 15.1. The summed E-state index contributed by atoms with van der Waals surface area (Å²) >= 11 is 5.06. The molecule has 0 saturated carbocycles. The second-order valence-corrected chi connectivity index (χ2v) is 6.69. The molecule has 0 aromatic heterocycles. The molecule has 1 amide bonds. The van der Waals surface area contributed by atoms with Gasteiger partial charge in [0.05, 0.1) is 11.5 Å². The molecule has 0 spiro atoms. The molecule has 3 N–H and O–H groups in total. The number of nitro groups is 1. The third-order valence-electron chi connectivity index (χ3n) is 3.66. The molecule has 1 aliphatic heterocycles. The molecular weight excluding hydrogens is 372 g/mol. The summed E-state index contributed by atoms with van der Waals surface area (Å²) in [7, 11) is 0. The summed E-state index contributed by atoms with van der Waals surface area (Å²) in [5.41, 5.74) is 5.91. The van der Waals surface area contributed by atoms with Crippen LogP contribution in [-0.4, -0.2) is 29.3 Å². The number of hydrazine groups is 1. The van der Waals surface area contributed by atoms with Gasteiger partial charge in [0.1, 0.15) is 5.75 Å². The van der Waals surface area contributed by atoms with Crippen LogP contribution in [0.5, 0.6) is 5.75 Å². The first-order chi connectivity index (χ1) is 12.9. The number of nitrogens with one attached hydrogen (secondary N) is 3. The zero-order valence-corrected chi connectivity index (χ0v) is 15.9. The normalized spacial score (nSPS) is 13.0. The van der Waals surface area contributed by atoms with Gasteiger partial charge < -0.3 is 14.8 Å². The topological polar surface area (TPSA) is 115 Å². The maximum absolute atomic E-state index is 11.9. The minimum absolute atomic E-state index is 0.0513. The van der Waals surface area contributed by atoms with E-state index in [0.717, 1.165) is 6.42 Å². The van der Waals surface area contributed by atoms with Gasteiger partial charge in [-0.3, -0.25) is 25.8 Å². The van der Waals surface area contributed by atoms with Crippen molar-refractivity contribution in [1.29, 1.82) is 0 Å². The van der Waals surface area contributed by atoms with Crippen LogP contribution in [0.1, 0.15) is 31.4 Å². The van der Waals surface area contributed by atoms with Gasteiger partial charge in [0, 0.05) is 35.9 Å². The Morgan fingerprint density at radius 2 is 2.19 bits per heavy atom. The van der Waals surface area contributed by atoms with Crippen molar-refractivity contribution in [3.8, 4) is 5.75 Å². The number of amides is 1. The van der Waals surface area contributed by atoms with Crippen LogP contribution in [0.2, 0.25) is 0 Å². The Labute approximate surface area is 162 Å². The molecule has 0 saturated heterocycles. The summed E-state index contributed by atoms with van der Waals surface area (Å²) in [6, 6.07) is 2.74. The van der Waals surface area contributed by atoms with Crippen molar-refractivity contribution in [2.75, 3.05) is 13.3 Å². The lowest BCUT2D eigenvalue weighted by Gasteiger charge is -2.19. The van der Waals surface area contributed by atoms with E-state index < -0.39 is 10.8 Å². The van der Waals surface area contributed by atoms with Crippen LogP contribution < -0.4 is 20.9 Å². The molecule has 0 aliphatic carbocycles. The number of benzene rings is 1. The smallest absolute Gasteiger partial charge is 0.270 e. The number of thiocarbonyl (C=S) groups is 1. The van der Waals surface area contributed by atoms with Gasteiger partial charge in [-0.2, -0.15) is 0 Å². The SMILES string of the molecule is CC(C)CCNC(=S)NNC(=O)/C=C/c1cc([N+](=O)[O-])cc2c1OCOC2. The van der Waals surface area contributed by atoms with Gasteiger partial charge in [0.15, 0.2) is 11.9 Å². The van der Waals surface area contributed by atoms with E-state index in [0.29, 0.717) is 34.5 Å². The summed E-state index contributed by atoms with van der Waals surface area (Å²) in [4.78, 5) is 22.5. The highest BCUT2D eigenvalue weighted by molar-refractivity contribution is 7.80. The van der Waals surface area contributed by atoms with Gasteiger partial charge in [-0.05, 0) is 30.6 Å². The van der Waals surface area contributed by atoms with Gasteiger partial charge in [0.2, 0.25) is 0 Å². The predicted octanol–water partition coefficient (Wildman–Crippen LogP) is 2.02. The Kier molecular flexibility index (Phi) is 7.50. The number of carbonyl (C=O) groups excluding carboxylic acids is 1. The highest BCUT2D eigenvalue weighted by Gasteiger charge is 2.19. The van der Waals surface area contributed by atoms with Gasteiger partial charge >= 0.3 is 0 Å². The lowest BCUT2D eigenvalue weighted by Crippen LogP contribution is -2.46. The number of non-ortho nitro benzene ring substituents is 1. The Balaban J connectivity index is 1.96. The number of rotatable bonds is 6. The third kappa shape index (κ3) is 6.50. The first-order valence-electron chi connectivity index (χ1n) is 8.40. The number of fused-ring (bicyclic) bond motifs is 1. The van der Waals surface area contributed by atoms with Crippen molar-refractivity contribution in [2.24, 2.45) is 5.92 Å². The number of hydrogen-bond donors (Lipinski definition) is 3. The van der Waals surface area contributed by atoms with Crippen molar-refractivity contribution >= 4 is 35.0 Å². The van der Waals surface area contributed by atoms with Crippen LogP contribution in [0.25, 0.3) is 6.08 Å². The zero-order chi connectivity index (χ0) is 19.8. The van der Waals surface area contributed by atoms with Crippen molar-refractivity contribution in [2.45, 2.75) is 26.9 Å². The molecule has 146 valence electrons. The van der Waals surface area contributed by atoms with Crippen molar-refractivity contribution in [1.82, 2.24) is 16.2 Å². The van der Waals surface area contributed by atoms with Crippen LogP contribution in [0.3, 0.4) is 0 Å². The van der Waals surface area contributed by atoms with Gasteiger partial charge in [-0.25, -0.2) is 0 Å². The minimum atomic E-state index is -0.505. The molecule has 10 heteroatoms. The molecule has 1 heterocycles. The summed E-state index contributed by atoms with van der Waals surface area (Å²) in [5.74, 6) is 0.552. The number of carbonyl (C=O) groups is 1. The van der Waals surface area contributed by atoms with Crippen LogP contribution in [0, 0.1) is 16.0 Å². The quantitative estimate of drug-likeness (QED) is 0.291. The number of nitro benzene ring substituents is 1. The third-order valence-corrected chi connectivity index (χ3v) is 3.90. The van der Waals surface area contributed by atoms with Gasteiger partial charge in [-0.15, -0.1) is 0 Å². The lowest BCUT2D eigenvalue weighted by molar-refractivity contribution is -0.385. The second kappa shape index (κ2) is 9.83. The van der Waals surface area contributed by atoms with Gasteiger partial charge in [-0.1, -0.05) is 13.8 Å². The molecule has 0 atom stereocenters. The first-order valence-corrected chi connectivity index (χ1v) is 8.81. The lowest BCUT2D eigenvalue weighted by atomic mass is 10.1. The Morgan fingerprint density at radius 1 is 1.41 bits per heavy atom. The van der Waals surface area contributed by atoms with Crippen LogP contribution in [0.15, 0.2) is 18.2 Å². The summed E-state index contributed by atoms with van der Waals surface area (Å²) in [6.45, 7) is 5.17. The Bertz CT molecular complexity index is 751. The molecule has 1 aromatic rings. The number of nitrogens with zero attached hydrogens (tertiary/aromatic N) is 1. The first kappa shape index (κ1) is 20.6. The molecule has 0 fully saturated rings. The average molecular weight is 394 g/mol. The van der Waals surface area contributed by atoms with E-state index in [1.165, 1.54) is 24.3 Å². The Hall–Kier alpha value is -2.72. The molecule has 9 nitrogen and oxygen atoms in total. The number of ether oxygens (including phenoxy) is 2. The number of hydrogen-bond acceptors (Lipinski definition) is 6. The predicted molar refractivity (Wildman–Crippen MR) is 104 cm³/mol. The average Bonchev–Trinajstić information content (AvgIpc) is 2.63. The van der Waals surface area contributed by atoms with E-state index in [-0.39, 0.29) is 19.1 Å². The van der Waals surface area contributed by atoms with E-state index in [2.05, 4.69) is 30.0 Å². The largest absolute Gasteiger partial charge is 0.467 e. The molecule has 27 heavy (non-hydrogen) atoms. The fraction of sp³-hybridized carbons (Fsp3) is 0.412. The van der Waals surface area contributed by atoms with Crippen molar-refractivity contribution < 1.29 is 19.2 Å². The maximum atomic E-state index is 11.9. The molecule has 2 rings (SSSR count). The van der Waals surface area contributed by atoms with Crippen molar-refractivity contribution in [3.63, 3.8) is 0 Å². The van der Waals surface area contributed by atoms with E-state index in [4.69, 9.17) is 21.7 Å². The van der Waals surface area contributed by atoms with Gasteiger partial charge in [0.25, 0.3) is 11.6 Å². The molecular formula is C17H22N4O5S. The molecule has 0 bridgehead atoms. The standard InChI is InChI=1S/C17H22N4O5S/c1-11(2)5-6-18-17(27)20-19-15(22)4-3-12-7-14(21(23)24)8-13-9-25-10-26-16(12)13/h3-4,7-8,11H,5-6,9-10H2,1-2H3,(H,19,22)(H2,18,20,27)/b4-3+. The highest BCUT2D eigenvalue weighted by Crippen LogP contribution is 2.33. The van der Waals surface area contributed by atoms with Crippen molar-refractivity contribution in [3.05, 3.63) is 39.4 Å². The van der Waals surface area contributed by atoms with E-state index >= 15 is 0 Å². The van der Waals surface area contributed by atoms with Crippen LogP contribution >= 0.6 is 12.2 Å². The molecule has 0 unspecified atom stereocenters. The van der Waals surface area contributed by atoms with Crippen LogP contribution in [0.4, 0.5) is 5.69 Å². The fourth-order valence-electron chi connectivity index (χ4n) is 2.30. The highest BCUT2D eigenvalue weighted by atomic mass is 32.1. The van der Waals surface area contributed by atoms with E-state index in [1.54, 1.807) is 0 Å². The fourth-order valence-corrected chi connectivity index (χ4v) is 2.46. The van der Waals surface area contributed by atoms with E-state index in [9.17, 15) is 14.9 Å². The Morgan fingerprint density at radius 3 is 2.89 bits per heavy atom. The summed E-state index contributed by atoms with van der Waals surface area (Å²) in [6.07, 6.45) is 3.64. The van der Waals surface area contributed by atoms with E-state index in [1.807, 2.05) is 0 Å².